The molecule has 1 aromatic carbocycles. The molecule has 3 amide bonds. The fraction of sp³-hybridized carbons (Fsp3) is 0.591. The van der Waals surface area contributed by atoms with Crippen LogP contribution in [0.2, 0.25) is 0 Å². The first-order chi connectivity index (χ1) is 14.5. The molecule has 8 nitrogen and oxygen atoms in total. The molecule has 0 aliphatic carbocycles. The monoisotopic (exact) mass is 414 g/mol. The number of carbonyl (C=O) groups excluding carboxylic acids is 3. The first-order valence-electron chi connectivity index (χ1n) is 10.7. The summed E-state index contributed by atoms with van der Waals surface area (Å²) in [4.78, 5) is 46.0. The lowest BCUT2D eigenvalue weighted by Crippen LogP contribution is -2.57. The van der Waals surface area contributed by atoms with Crippen molar-refractivity contribution in [2.45, 2.75) is 31.2 Å². The van der Waals surface area contributed by atoms with Crippen LogP contribution in [0.3, 0.4) is 0 Å². The average molecular weight is 415 g/mol. The van der Waals surface area contributed by atoms with Crippen molar-refractivity contribution in [3.05, 3.63) is 30.3 Å². The van der Waals surface area contributed by atoms with Crippen molar-refractivity contribution in [1.82, 2.24) is 14.7 Å². The van der Waals surface area contributed by atoms with Crippen LogP contribution in [-0.2, 0) is 19.1 Å². The number of anilines is 1. The highest BCUT2D eigenvalue weighted by Crippen LogP contribution is 2.39. The molecule has 0 saturated carbocycles. The second kappa shape index (κ2) is 8.63. The van der Waals surface area contributed by atoms with Crippen LogP contribution in [0.25, 0.3) is 0 Å². The van der Waals surface area contributed by atoms with E-state index in [1.807, 2.05) is 35.2 Å². The smallest absolute Gasteiger partial charge is 0.250 e. The standard InChI is InChI=1S/C22H30N4O4/c1-30-16-20(28)24-13-9-22(10-14-24)21(29)25(15-19(27)23-11-5-6-12-23)17-26(22)18-7-3-2-4-8-18/h2-4,7-8H,5-6,9-17H2,1H3. The van der Waals surface area contributed by atoms with Crippen molar-refractivity contribution in [3.8, 4) is 0 Å². The number of hydrogen-bond donors (Lipinski definition) is 0. The Balaban J connectivity index is 1.54. The van der Waals surface area contributed by atoms with Crippen LogP contribution < -0.4 is 4.90 Å². The van der Waals surface area contributed by atoms with E-state index in [1.165, 1.54) is 7.11 Å². The van der Waals surface area contributed by atoms with Crippen LogP contribution in [0.5, 0.6) is 0 Å². The predicted molar refractivity (Wildman–Crippen MR) is 112 cm³/mol. The van der Waals surface area contributed by atoms with Crippen molar-refractivity contribution in [3.63, 3.8) is 0 Å². The van der Waals surface area contributed by atoms with E-state index >= 15 is 0 Å². The normalized spacial score (nSPS) is 21.0. The Morgan fingerprint density at radius 2 is 1.60 bits per heavy atom. The Hall–Kier alpha value is -2.61. The van der Waals surface area contributed by atoms with Gasteiger partial charge in [-0.1, -0.05) is 18.2 Å². The van der Waals surface area contributed by atoms with Crippen molar-refractivity contribution in [2.24, 2.45) is 0 Å². The maximum atomic E-state index is 13.6. The first-order valence-corrected chi connectivity index (χ1v) is 10.7. The van der Waals surface area contributed by atoms with Crippen molar-refractivity contribution >= 4 is 23.4 Å². The lowest BCUT2D eigenvalue weighted by molar-refractivity contribution is -0.142. The molecule has 4 rings (SSSR count). The van der Waals surface area contributed by atoms with Gasteiger partial charge < -0.3 is 24.3 Å². The maximum Gasteiger partial charge on any atom is 0.250 e. The minimum atomic E-state index is -0.712. The number of piperidine rings is 1. The summed E-state index contributed by atoms with van der Waals surface area (Å²) >= 11 is 0. The number of carbonyl (C=O) groups is 3. The molecule has 0 atom stereocenters. The summed E-state index contributed by atoms with van der Waals surface area (Å²) in [5.41, 5.74) is 0.259. The van der Waals surface area contributed by atoms with Crippen LogP contribution in [0, 0.1) is 0 Å². The summed E-state index contributed by atoms with van der Waals surface area (Å²) < 4.78 is 4.98. The Morgan fingerprint density at radius 3 is 2.23 bits per heavy atom. The minimum absolute atomic E-state index is 0.00209. The van der Waals surface area contributed by atoms with Gasteiger partial charge in [0.2, 0.25) is 11.8 Å². The van der Waals surface area contributed by atoms with Crippen LogP contribution in [0.15, 0.2) is 30.3 Å². The number of benzene rings is 1. The molecule has 3 heterocycles. The van der Waals surface area contributed by atoms with Gasteiger partial charge in [0.25, 0.3) is 5.91 Å². The molecule has 0 bridgehead atoms. The van der Waals surface area contributed by atoms with Crippen LogP contribution >= 0.6 is 0 Å². The Labute approximate surface area is 177 Å². The van der Waals surface area contributed by atoms with Gasteiger partial charge in [-0.3, -0.25) is 14.4 Å². The quantitative estimate of drug-likeness (QED) is 0.717. The van der Waals surface area contributed by atoms with Gasteiger partial charge in [-0.25, -0.2) is 0 Å². The van der Waals surface area contributed by atoms with E-state index in [0.29, 0.717) is 32.6 Å². The lowest BCUT2D eigenvalue weighted by Gasteiger charge is -2.43. The maximum absolute atomic E-state index is 13.6. The Bertz CT molecular complexity index is 786. The summed E-state index contributed by atoms with van der Waals surface area (Å²) in [6.45, 7) is 3.15. The number of ether oxygens (including phenoxy) is 1. The zero-order chi connectivity index (χ0) is 21.1. The number of nitrogens with zero attached hydrogens (tertiary/aromatic N) is 4. The summed E-state index contributed by atoms with van der Waals surface area (Å²) in [6, 6.07) is 9.88. The number of methoxy groups -OCH3 is 1. The second-order valence-corrected chi connectivity index (χ2v) is 8.34. The van der Waals surface area contributed by atoms with Crippen molar-refractivity contribution in [2.75, 3.05) is 58.0 Å². The zero-order valence-corrected chi connectivity index (χ0v) is 17.6. The third-order valence-electron chi connectivity index (χ3n) is 6.58. The van der Waals surface area contributed by atoms with Gasteiger partial charge in [0.1, 0.15) is 18.7 Å². The number of amides is 3. The molecule has 3 saturated heterocycles. The molecular weight excluding hydrogens is 384 g/mol. The molecular formula is C22H30N4O4. The summed E-state index contributed by atoms with van der Waals surface area (Å²) in [6.07, 6.45) is 3.16. The van der Waals surface area contributed by atoms with Gasteiger partial charge in [-0.15, -0.1) is 0 Å². The molecule has 3 aliphatic heterocycles. The fourth-order valence-electron chi connectivity index (χ4n) is 4.89. The van der Waals surface area contributed by atoms with Crippen LogP contribution in [0.1, 0.15) is 25.7 Å². The molecule has 0 N–H and O–H groups in total. The van der Waals surface area contributed by atoms with Gasteiger partial charge in [-0.2, -0.15) is 0 Å². The third-order valence-corrected chi connectivity index (χ3v) is 6.58. The highest BCUT2D eigenvalue weighted by Gasteiger charge is 2.54. The van der Waals surface area contributed by atoms with Gasteiger partial charge in [-0.05, 0) is 37.8 Å². The summed E-state index contributed by atoms with van der Waals surface area (Å²) in [5.74, 6) is -0.0264. The Morgan fingerprint density at radius 1 is 0.967 bits per heavy atom. The molecule has 3 fully saturated rings. The van der Waals surface area contributed by atoms with E-state index in [4.69, 9.17) is 4.74 Å². The van der Waals surface area contributed by atoms with E-state index in [-0.39, 0.29) is 30.9 Å². The predicted octanol–water partition coefficient (Wildman–Crippen LogP) is 0.923. The number of hydrogen-bond acceptors (Lipinski definition) is 5. The van der Waals surface area contributed by atoms with E-state index < -0.39 is 5.54 Å². The lowest BCUT2D eigenvalue weighted by atomic mass is 9.85. The van der Waals surface area contributed by atoms with Gasteiger partial charge in [0.15, 0.2) is 0 Å². The van der Waals surface area contributed by atoms with Crippen LogP contribution in [-0.4, -0.2) is 91.1 Å². The van der Waals surface area contributed by atoms with Crippen molar-refractivity contribution < 1.29 is 19.1 Å². The van der Waals surface area contributed by atoms with Gasteiger partial charge >= 0.3 is 0 Å². The molecule has 3 aliphatic rings. The van der Waals surface area contributed by atoms with Crippen molar-refractivity contribution in [1.29, 1.82) is 0 Å². The topological polar surface area (TPSA) is 73.4 Å². The molecule has 0 radical (unpaired) electrons. The molecule has 1 aromatic rings. The highest BCUT2D eigenvalue weighted by molar-refractivity contribution is 5.96. The summed E-state index contributed by atoms with van der Waals surface area (Å²) in [5, 5.41) is 0. The minimum Gasteiger partial charge on any atom is -0.375 e. The summed E-state index contributed by atoms with van der Waals surface area (Å²) in [7, 11) is 1.51. The largest absolute Gasteiger partial charge is 0.375 e. The van der Waals surface area contributed by atoms with E-state index in [9.17, 15) is 14.4 Å². The number of likely N-dealkylation sites (tertiary alicyclic amines) is 2. The molecule has 1 spiro atoms. The van der Waals surface area contributed by atoms with E-state index in [1.54, 1.807) is 9.80 Å². The Kier molecular flexibility index (Phi) is 5.94. The average Bonchev–Trinajstić information content (AvgIpc) is 3.39. The van der Waals surface area contributed by atoms with Crippen LogP contribution in [0.4, 0.5) is 5.69 Å². The molecule has 0 unspecified atom stereocenters. The zero-order valence-electron chi connectivity index (χ0n) is 17.6. The van der Waals surface area contributed by atoms with E-state index in [2.05, 4.69) is 4.90 Å². The molecule has 162 valence electrons. The highest BCUT2D eigenvalue weighted by atomic mass is 16.5. The fourth-order valence-corrected chi connectivity index (χ4v) is 4.89. The second-order valence-electron chi connectivity index (χ2n) is 8.34. The molecule has 0 aromatic heterocycles. The van der Waals surface area contributed by atoms with Gasteiger partial charge in [0.05, 0.1) is 6.67 Å². The van der Waals surface area contributed by atoms with E-state index in [0.717, 1.165) is 31.6 Å². The number of para-hydroxylation sites is 1. The molecule has 30 heavy (non-hydrogen) atoms. The SMILES string of the molecule is COCC(=O)N1CCC2(CC1)C(=O)N(CC(=O)N1CCCC1)CN2c1ccccc1. The van der Waals surface area contributed by atoms with Gasteiger partial charge in [0, 0.05) is 39.0 Å². The number of rotatable bonds is 5. The molecule has 8 heteroatoms. The first kappa shape index (κ1) is 20.7. The third kappa shape index (κ3) is 3.76.